The van der Waals surface area contributed by atoms with Crippen LogP contribution in [0.15, 0.2) is 12.4 Å². The van der Waals surface area contributed by atoms with E-state index in [1.54, 1.807) is 0 Å². The van der Waals surface area contributed by atoms with Crippen molar-refractivity contribution in [1.82, 2.24) is 14.9 Å². The molecule has 0 amide bonds. The smallest absolute Gasteiger partial charge is 0.110 e. The van der Waals surface area contributed by atoms with Gasteiger partial charge in [-0.15, -0.1) is 0 Å². The Hall–Kier alpha value is -0.830. The van der Waals surface area contributed by atoms with E-state index in [-0.39, 0.29) is 0 Å². The molecule has 1 atom stereocenters. The van der Waals surface area contributed by atoms with Crippen LogP contribution in [0, 0.1) is 5.41 Å². The van der Waals surface area contributed by atoms with Gasteiger partial charge in [0, 0.05) is 31.4 Å². The second-order valence-corrected chi connectivity index (χ2v) is 5.89. The summed E-state index contributed by atoms with van der Waals surface area (Å²) in [5.41, 5.74) is 0.442. The van der Waals surface area contributed by atoms with Crippen LogP contribution in [0.25, 0.3) is 0 Å². The molecule has 0 aromatic carbocycles. The Bertz CT molecular complexity index is 364. The van der Waals surface area contributed by atoms with Crippen LogP contribution in [0.2, 0.25) is 0 Å². The Morgan fingerprint density at radius 1 is 1.39 bits per heavy atom. The molecule has 0 radical (unpaired) electrons. The van der Waals surface area contributed by atoms with E-state index in [0.29, 0.717) is 11.5 Å². The summed E-state index contributed by atoms with van der Waals surface area (Å²) in [6, 6.07) is 0.547. The number of aromatic nitrogens is 2. The van der Waals surface area contributed by atoms with Crippen LogP contribution < -0.4 is 5.32 Å². The largest absolute Gasteiger partial charge is 0.335 e. The fraction of sp³-hybridized carbons (Fsp3) is 0.800. The van der Waals surface area contributed by atoms with E-state index < -0.39 is 0 Å². The van der Waals surface area contributed by atoms with Gasteiger partial charge >= 0.3 is 0 Å². The predicted molar refractivity (Wildman–Crippen MR) is 75.6 cm³/mol. The fourth-order valence-corrected chi connectivity index (χ4v) is 3.41. The minimum Gasteiger partial charge on any atom is -0.335 e. The van der Waals surface area contributed by atoms with Crippen LogP contribution in [0.3, 0.4) is 0 Å². The highest BCUT2D eigenvalue weighted by atomic mass is 15.1. The Kier molecular flexibility index (Phi) is 4.44. The van der Waals surface area contributed by atoms with Crippen molar-refractivity contribution in [3.05, 3.63) is 18.2 Å². The molecule has 1 saturated carbocycles. The third-order valence-corrected chi connectivity index (χ3v) is 4.71. The van der Waals surface area contributed by atoms with E-state index in [0.717, 1.165) is 13.0 Å². The summed E-state index contributed by atoms with van der Waals surface area (Å²) in [7, 11) is 2.10. The molecule has 1 aliphatic rings. The first-order chi connectivity index (χ1) is 8.69. The predicted octanol–water partition coefficient (Wildman–Crippen LogP) is 3.00. The normalized spacial score (nSPS) is 20.8. The van der Waals surface area contributed by atoms with Gasteiger partial charge in [0.2, 0.25) is 0 Å². The fourth-order valence-electron chi connectivity index (χ4n) is 3.41. The van der Waals surface area contributed by atoms with Crippen LogP contribution in [0.5, 0.6) is 0 Å². The number of hydrogen-bond donors (Lipinski definition) is 1. The molecule has 0 aliphatic heterocycles. The lowest BCUT2D eigenvalue weighted by atomic mass is 9.69. The minimum absolute atomic E-state index is 0.442. The summed E-state index contributed by atoms with van der Waals surface area (Å²) in [5.74, 6) is 1.23. The zero-order chi connectivity index (χ0) is 13.0. The average Bonchev–Trinajstić information content (AvgIpc) is 2.83. The van der Waals surface area contributed by atoms with Crippen LogP contribution in [-0.4, -0.2) is 22.6 Å². The maximum absolute atomic E-state index is 4.52. The minimum atomic E-state index is 0.442. The Morgan fingerprint density at radius 3 is 2.72 bits per heavy atom. The Morgan fingerprint density at radius 2 is 2.11 bits per heavy atom. The summed E-state index contributed by atoms with van der Waals surface area (Å²) in [6.07, 6.45) is 12.0. The van der Waals surface area contributed by atoms with Gasteiger partial charge in [0.25, 0.3) is 0 Å². The highest BCUT2D eigenvalue weighted by Crippen LogP contribution is 2.39. The molecule has 1 aromatic heterocycles. The molecule has 3 nitrogen and oxygen atoms in total. The number of nitrogens with zero attached hydrogens (tertiary/aromatic N) is 2. The number of imidazole rings is 1. The summed E-state index contributed by atoms with van der Waals surface area (Å²) < 4.78 is 2.26. The van der Waals surface area contributed by atoms with E-state index in [1.165, 1.54) is 37.9 Å². The van der Waals surface area contributed by atoms with Crippen molar-refractivity contribution in [2.75, 3.05) is 7.05 Å². The van der Waals surface area contributed by atoms with Gasteiger partial charge in [0.05, 0.1) is 0 Å². The standard InChI is InChI=1S/C15H27N3/c1-4-18-11-10-17-14(18)12-13(16-3)15(2)8-6-5-7-9-15/h10-11,13,16H,4-9,12H2,1-3H3. The molecule has 1 unspecified atom stereocenters. The van der Waals surface area contributed by atoms with Crippen molar-refractivity contribution in [3.8, 4) is 0 Å². The number of likely N-dealkylation sites (N-methyl/N-ethyl adjacent to an activating group) is 1. The van der Waals surface area contributed by atoms with Crippen molar-refractivity contribution >= 4 is 0 Å². The van der Waals surface area contributed by atoms with Crippen LogP contribution in [0.4, 0.5) is 0 Å². The molecule has 18 heavy (non-hydrogen) atoms. The molecule has 0 spiro atoms. The van der Waals surface area contributed by atoms with Crippen molar-refractivity contribution in [1.29, 1.82) is 0 Å². The average molecular weight is 249 g/mol. The molecular formula is C15H27N3. The molecule has 0 saturated heterocycles. The van der Waals surface area contributed by atoms with Crippen molar-refractivity contribution in [3.63, 3.8) is 0 Å². The lowest BCUT2D eigenvalue weighted by Gasteiger charge is -2.40. The van der Waals surface area contributed by atoms with Crippen LogP contribution >= 0.6 is 0 Å². The molecular weight excluding hydrogens is 222 g/mol. The van der Waals surface area contributed by atoms with Gasteiger partial charge in [-0.2, -0.15) is 0 Å². The van der Waals surface area contributed by atoms with Gasteiger partial charge in [-0.05, 0) is 32.2 Å². The second kappa shape index (κ2) is 5.87. The summed E-state index contributed by atoms with van der Waals surface area (Å²) in [4.78, 5) is 4.52. The molecule has 0 bridgehead atoms. The van der Waals surface area contributed by atoms with Gasteiger partial charge in [-0.25, -0.2) is 4.98 Å². The van der Waals surface area contributed by atoms with E-state index in [4.69, 9.17) is 0 Å². The molecule has 1 N–H and O–H groups in total. The zero-order valence-electron chi connectivity index (χ0n) is 12.1. The first kappa shape index (κ1) is 13.6. The van der Waals surface area contributed by atoms with Gasteiger partial charge in [-0.1, -0.05) is 26.2 Å². The van der Waals surface area contributed by atoms with Gasteiger partial charge in [0.15, 0.2) is 0 Å². The highest BCUT2D eigenvalue weighted by molar-refractivity contribution is 5.00. The maximum atomic E-state index is 4.52. The van der Waals surface area contributed by atoms with Crippen molar-refractivity contribution < 1.29 is 0 Å². The topological polar surface area (TPSA) is 29.9 Å². The molecule has 2 rings (SSSR count). The Labute approximate surface area is 111 Å². The van der Waals surface area contributed by atoms with Gasteiger partial charge < -0.3 is 9.88 Å². The van der Waals surface area contributed by atoms with E-state index >= 15 is 0 Å². The van der Waals surface area contributed by atoms with Crippen LogP contribution in [0.1, 0.15) is 51.8 Å². The van der Waals surface area contributed by atoms with E-state index in [1.807, 2.05) is 6.20 Å². The molecule has 1 fully saturated rings. The summed E-state index contributed by atoms with van der Waals surface area (Å²) in [5, 5.41) is 3.55. The lowest BCUT2D eigenvalue weighted by molar-refractivity contribution is 0.147. The summed E-state index contributed by atoms with van der Waals surface area (Å²) >= 11 is 0. The quantitative estimate of drug-likeness (QED) is 0.869. The first-order valence-electron chi connectivity index (χ1n) is 7.37. The number of nitrogens with one attached hydrogen (secondary N) is 1. The van der Waals surface area contributed by atoms with Gasteiger partial charge in [-0.3, -0.25) is 0 Å². The van der Waals surface area contributed by atoms with Crippen LogP contribution in [-0.2, 0) is 13.0 Å². The number of hydrogen-bond acceptors (Lipinski definition) is 2. The Balaban J connectivity index is 2.09. The van der Waals surface area contributed by atoms with E-state index in [9.17, 15) is 0 Å². The molecule has 102 valence electrons. The molecule has 1 aromatic rings. The highest BCUT2D eigenvalue weighted by Gasteiger charge is 2.35. The first-order valence-corrected chi connectivity index (χ1v) is 7.37. The second-order valence-electron chi connectivity index (χ2n) is 5.89. The monoisotopic (exact) mass is 249 g/mol. The maximum Gasteiger partial charge on any atom is 0.110 e. The zero-order valence-corrected chi connectivity index (χ0v) is 12.1. The van der Waals surface area contributed by atoms with E-state index in [2.05, 4.69) is 42.0 Å². The van der Waals surface area contributed by atoms with Crippen molar-refractivity contribution in [2.24, 2.45) is 5.41 Å². The SMILES string of the molecule is CCn1ccnc1CC(NC)C1(C)CCCCC1. The lowest BCUT2D eigenvalue weighted by Crippen LogP contribution is -2.45. The number of aryl methyl sites for hydroxylation is 1. The molecule has 1 aliphatic carbocycles. The molecule has 3 heteroatoms. The number of rotatable bonds is 5. The van der Waals surface area contributed by atoms with Crippen molar-refractivity contribution in [2.45, 2.75) is 65.0 Å². The third kappa shape index (κ3) is 2.77. The molecule has 1 heterocycles. The third-order valence-electron chi connectivity index (χ3n) is 4.71. The van der Waals surface area contributed by atoms with Gasteiger partial charge in [0.1, 0.15) is 5.82 Å². The summed E-state index contributed by atoms with van der Waals surface area (Å²) in [6.45, 7) is 5.65.